The van der Waals surface area contributed by atoms with E-state index in [1.807, 2.05) is 6.26 Å². The Kier molecular flexibility index (Phi) is 4.90. The summed E-state index contributed by atoms with van der Waals surface area (Å²) in [5.74, 6) is -0.306. The molecule has 0 fully saturated rings. The second-order valence-electron chi connectivity index (χ2n) is 1.17. The van der Waals surface area contributed by atoms with Crippen molar-refractivity contribution in [2.45, 2.75) is 0 Å². The van der Waals surface area contributed by atoms with Crippen LogP contribution >= 0.6 is 27.7 Å². The van der Waals surface area contributed by atoms with Gasteiger partial charge in [-0.05, 0) is 6.26 Å². The van der Waals surface area contributed by atoms with E-state index in [-0.39, 0.29) is 5.97 Å². The topological polar surface area (TPSA) is 26.3 Å². The first-order valence-corrected chi connectivity index (χ1v) is 4.33. The number of carbonyl (C=O) groups excluding carboxylic acids is 1. The zero-order chi connectivity index (χ0) is 7.28. The predicted octanol–water partition coefficient (Wildman–Crippen LogP) is 1.76. The summed E-state index contributed by atoms with van der Waals surface area (Å²) in [7, 11) is 1.36. The fourth-order valence-corrected chi connectivity index (χ4v) is 1.36. The number of methoxy groups -OCH3 is 1. The lowest BCUT2D eigenvalue weighted by atomic mass is 10.6. The van der Waals surface area contributed by atoms with Gasteiger partial charge in [0.05, 0.1) is 12.0 Å². The van der Waals surface area contributed by atoms with Crippen LogP contribution in [0.5, 0.6) is 0 Å². The lowest BCUT2D eigenvalue weighted by Gasteiger charge is -1.97. The van der Waals surface area contributed by atoms with E-state index in [1.165, 1.54) is 18.9 Å². The van der Waals surface area contributed by atoms with Crippen molar-refractivity contribution >= 4 is 33.7 Å². The third-order valence-corrected chi connectivity index (χ3v) is 2.19. The van der Waals surface area contributed by atoms with Crippen LogP contribution in [0.15, 0.2) is 9.89 Å². The predicted molar refractivity (Wildman–Crippen MR) is 42.5 cm³/mol. The molecular formula is C5H7BrO2S. The van der Waals surface area contributed by atoms with Crippen LogP contribution in [0.2, 0.25) is 0 Å². The smallest absolute Gasteiger partial charge is 0.344 e. The third kappa shape index (κ3) is 2.91. The van der Waals surface area contributed by atoms with Crippen LogP contribution < -0.4 is 0 Å². The van der Waals surface area contributed by atoms with Gasteiger partial charge in [0, 0.05) is 4.99 Å². The molecule has 0 unspecified atom stereocenters. The number of thioether (sulfide) groups is 1. The monoisotopic (exact) mass is 210 g/mol. The van der Waals surface area contributed by atoms with Crippen LogP contribution in [0, 0.1) is 0 Å². The third-order valence-electron chi connectivity index (χ3n) is 0.706. The van der Waals surface area contributed by atoms with Gasteiger partial charge in [-0.2, -0.15) is 0 Å². The molecular weight excluding hydrogens is 204 g/mol. The molecule has 0 aromatic rings. The van der Waals surface area contributed by atoms with Crippen molar-refractivity contribution in [2.24, 2.45) is 0 Å². The molecule has 0 aromatic carbocycles. The molecule has 0 rings (SSSR count). The van der Waals surface area contributed by atoms with Crippen LogP contribution in [0.25, 0.3) is 0 Å². The largest absolute Gasteiger partial charge is 0.465 e. The summed E-state index contributed by atoms with van der Waals surface area (Å²) >= 11 is 4.38. The summed E-state index contributed by atoms with van der Waals surface area (Å²) in [6.07, 6.45) is 1.81. The van der Waals surface area contributed by atoms with Crippen molar-refractivity contribution in [3.05, 3.63) is 9.89 Å². The molecule has 0 aliphatic rings. The lowest BCUT2D eigenvalue weighted by molar-refractivity contribution is -0.135. The van der Waals surface area contributed by atoms with Crippen molar-refractivity contribution < 1.29 is 9.53 Å². The molecule has 2 nitrogen and oxygen atoms in total. The maximum Gasteiger partial charge on any atom is 0.344 e. The van der Waals surface area contributed by atoms with E-state index in [4.69, 9.17) is 0 Å². The summed E-state index contributed by atoms with van der Waals surface area (Å²) in [6.45, 7) is 0. The Morgan fingerprint density at radius 3 is 2.44 bits per heavy atom. The maximum atomic E-state index is 10.6. The van der Waals surface area contributed by atoms with Gasteiger partial charge < -0.3 is 4.74 Å². The second-order valence-corrected chi connectivity index (χ2v) is 2.47. The summed E-state index contributed by atoms with van der Waals surface area (Å²) in [6, 6.07) is 0. The quantitative estimate of drug-likeness (QED) is 0.514. The molecule has 0 aliphatic heterocycles. The average Bonchev–Trinajstić information content (AvgIpc) is 1.90. The highest BCUT2D eigenvalue weighted by atomic mass is 79.9. The minimum Gasteiger partial charge on any atom is -0.465 e. The van der Waals surface area contributed by atoms with E-state index in [9.17, 15) is 4.79 Å². The number of carbonyl (C=O) groups is 1. The van der Waals surface area contributed by atoms with Crippen LogP contribution in [-0.2, 0) is 9.53 Å². The van der Waals surface area contributed by atoms with Gasteiger partial charge in [0.25, 0.3) is 0 Å². The van der Waals surface area contributed by atoms with E-state index in [1.54, 1.807) is 4.99 Å². The molecule has 0 radical (unpaired) electrons. The van der Waals surface area contributed by atoms with Crippen molar-refractivity contribution in [3.63, 3.8) is 0 Å². The van der Waals surface area contributed by atoms with Crippen LogP contribution in [0.4, 0.5) is 0 Å². The molecule has 0 spiro atoms. The standard InChI is InChI=1S/C5H7BrO2S/c1-8-5(7)4(3-6)9-2/h3H,1-2H3/b4-3-. The van der Waals surface area contributed by atoms with E-state index in [2.05, 4.69) is 20.7 Å². The van der Waals surface area contributed by atoms with Crippen molar-refractivity contribution in [2.75, 3.05) is 13.4 Å². The van der Waals surface area contributed by atoms with Crippen LogP contribution in [-0.4, -0.2) is 19.3 Å². The Morgan fingerprint density at radius 2 is 2.33 bits per heavy atom. The van der Waals surface area contributed by atoms with Gasteiger partial charge in [-0.3, -0.25) is 0 Å². The Morgan fingerprint density at radius 1 is 1.78 bits per heavy atom. The Balaban J connectivity index is 3.97. The first-order valence-electron chi connectivity index (χ1n) is 2.19. The molecule has 9 heavy (non-hydrogen) atoms. The van der Waals surface area contributed by atoms with Gasteiger partial charge in [-0.25, -0.2) is 4.79 Å². The highest BCUT2D eigenvalue weighted by molar-refractivity contribution is 9.11. The van der Waals surface area contributed by atoms with Gasteiger partial charge in [0.1, 0.15) is 0 Å². The van der Waals surface area contributed by atoms with E-state index >= 15 is 0 Å². The normalized spacial score (nSPS) is 11.2. The van der Waals surface area contributed by atoms with Gasteiger partial charge in [0.2, 0.25) is 0 Å². The van der Waals surface area contributed by atoms with Crippen LogP contribution in [0.1, 0.15) is 0 Å². The number of rotatable bonds is 2. The van der Waals surface area contributed by atoms with Crippen molar-refractivity contribution in [1.82, 2.24) is 0 Å². The van der Waals surface area contributed by atoms with E-state index < -0.39 is 0 Å². The lowest BCUT2D eigenvalue weighted by Crippen LogP contribution is -2.00. The number of hydrogen-bond acceptors (Lipinski definition) is 3. The van der Waals surface area contributed by atoms with Gasteiger partial charge in [0.15, 0.2) is 0 Å². The summed E-state index contributed by atoms with van der Waals surface area (Å²) in [5, 5.41) is 0. The van der Waals surface area contributed by atoms with Gasteiger partial charge in [-0.1, -0.05) is 15.9 Å². The minimum atomic E-state index is -0.306. The van der Waals surface area contributed by atoms with Crippen LogP contribution in [0.3, 0.4) is 0 Å². The van der Waals surface area contributed by atoms with Crippen molar-refractivity contribution in [3.8, 4) is 0 Å². The maximum absolute atomic E-state index is 10.6. The highest BCUT2D eigenvalue weighted by Crippen LogP contribution is 2.14. The molecule has 0 atom stereocenters. The van der Waals surface area contributed by atoms with Crippen molar-refractivity contribution in [1.29, 1.82) is 0 Å². The molecule has 0 aliphatic carbocycles. The summed E-state index contributed by atoms with van der Waals surface area (Å²) in [5.41, 5.74) is 0. The SMILES string of the molecule is COC(=O)/C(=C/Br)SC. The first-order chi connectivity index (χ1) is 4.26. The Labute approximate surface area is 66.8 Å². The van der Waals surface area contributed by atoms with Gasteiger partial charge >= 0.3 is 5.97 Å². The zero-order valence-corrected chi connectivity index (χ0v) is 7.58. The Hall–Kier alpha value is 0.0400. The van der Waals surface area contributed by atoms with E-state index in [0.717, 1.165) is 0 Å². The molecule has 4 heteroatoms. The number of esters is 1. The molecule has 0 heterocycles. The molecule has 52 valence electrons. The summed E-state index contributed by atoms with van der Waals surface area (Å²) in [4.78, 5) is 12.7. The molecule has 0 saturated carbocycles. The Bertz CT molecular complexity index is 133. The fraction of sp³-hybridized carbons (Fsp3) is 0.400. The molecule has 0 aromatic heterocycles. The average molecular weight is 211 g/mol. The first kappa shape index (κ1) is 9.04. The molecule has 0 amide bonds. The second kappa shape index (κ2) is 4.88. The van der Waals surface area contributed by atoms with E-state index in [0.29, 0.717) is 4.91 Å². The zero-order valence-electron chi connectivity index (χ0n) is 5.18. The number of ether oxygens (including phenoxy) is 1. The molecule has 0 N–H and O–H groups in total. The molecule has 0 saturated heterocycles. The number of hydrogen-bond donors (Lipinski definition) is 0. The number of halogens is 1. The molecule has 0 bridgehead atoms. The summed E-state index contributed by atoms with van der Waals surface area (Å²) < 4.78 is 4.44. The fourth-order valence-electron chi connectivity index (χ4n) is 0.273. The van der Waals surface area contributed by atoms with Gasteiger partial charge in [-0.15, -0.1) is 11.8 Å². The highest BCUT2D eigenvalue weighted by Gasteiger charge is 2.04. The minimum absolute atomic E-state index is 0.306.